The van der Waals surface area contributed by atoms with Gasteiger partial charge in [-0.05, 0) is 19.8 Å². The number of aliphatic hydroxyl groups is 1. The molecule has 1 amide bonds. The van der Waals surface area contributed by atoms with Crippen molar-refractivity contribution in [1.82, 2.24) is 5.32 Å². The second kappa shape index (κ2) is 6.21. The van der Waals surface area contributed by atoms with Crippen molar-refractivity contribution in [2.45, 2.75) is 51.5 Å². The van der Waals surface area contributed by atoms with Crippen molar-refractivity contribution in [2.24, 2.45) is 11.1 Å². The van der Waals surface area contributed by atoms with E-state index in [4.69, 9.17) is 10.8 Å². The van der Waals surface area contributed by atoms with Crippen molar-refractivity contribution < 1.29 is 9.90 Å². The molecule has 1 aliphatic rings. The molecule has 94 valence electrons. The van der Waals surface area contributed by atoms with Crippen LogP contribution in [0.25, 0.3) is 0 Å². The monoisotopic (exact) mass is 228 g/mol. The van der Waals surface area contributed by atoms with Gasteiger partial charge in [0, 0.05) is 12.6 Å². The van der Waals surface area contributed by atoms with Crippen LogP contribution in [0.5, 0.6) is 0 Å². The molecule has 1 aliphatic carbocycles. The third-order valence-corrected chi connectivity index (χ3v) is 3.58. The van der Waals surface area contributed by atoms with E-state index in [0.29, 0.717) is 6.54 Å². The zero-order valence-corrected chi connectivity index (χ0v) is 10.2. The summed E-state index contributed by atoms with van der Waals surface area (Å²) in [5.74, 6) is 0.0263. The normalized spacial score (nSPS) is 22.2. The molecule has 0 aromatic carbocycles. The van der Waals surface area contributed by atoms with Crippen LogP contribution in [0.2, 0.25) is 0 Å². The first-order valence-electron chi connectivity index (χ1n) is 6.26. The lowest BCUT2D eigenvalue weighted by Gasteiger charge is -2.31. The van der Waals surface area contributed by atoms with Gasteiger partial charge in [-0.25, -0.2) is 0 Å². The van der Waals surface area contributed by atoms with E-state index in [0.717, 1.165) is 25.7 Å². The molecule has 0 heterocycles. The first kappa shape index (κ1) is 13.5. The van der Waals surface area contributed by atoms with E-state index in [-0.39, 0.29) is 24.0 Å². The van der Waals surface area contributed by atoms with Crippen LogP contribution >= 0.6 is 0 Å². The molecule has 0 radical (unpaired) electrons. The molecule has 0 aromatic heterocycles. The van der Waals surface area contributed by atoms with Gasteiger partial charge in [0.15, 0.2) is 0 Å². The van der Waals surface area contributed by atoms with Gasteiger partial charge in [0.05, 0.1) is 12.0 Å². The summed E-state index contributed by atoms with van der Waals surface area (Å²) in [5.41, 5.74) is 5.41. The minimum absolute atomic E-state index is 0.0214. The Morgan fingerprint density at radius 3 is 2.38 bits per heavy atom. The molecule has 0 unspecified atom stereocenters. The van der Waals surface area contributed by atoms with Gasteiger partial charge in [0.25, 0.3) is 0 Å². The molecule has 0 spiro atoms. The Hall–Kier alpha value is -0.610. The van der Waals surface area contributed by atoms with E-state index in [1.54, 1.807) is 6.92 Å². The minimum atomic E-state index is -0.389. The zero-order chi connectivity index (χ0) is 12.0. The molecule has 0 bridgehead atoms. The zero-order valence-electron chi connectivity index (χ0n) is 10.2. The van der Waals surface area contributed by atoms with E-state index >= 15 is 0 Å². The van der Waals surface area contributed by atoms with Gasteiger partial charge in [-0.15, -0.1) is 0 Å². The molecule has 16 heavy (non-hydrogen) atoms. The van der Waals surface area contributed by atoms with Gasteiger partial charge in [-0.2, -0.15) is 0 Å². The molecule has 1 fully saturated rings. The molecular formula is C12H24N2O2. The Kier molecular flexibility index (Phi) is 5.22. The highest BCUT2D eigenvalue weighted by Crippen LogP contribution is 2.34. The molecule has 0 aromatic rings. The highest BCUT2D eigenvalue weighted by molar-refractivity contribution is 5.83. The maximum absolute atomic E-state index is 12.2. The molecular weight excluding hydrogens is 204 g/mol. The predicted molar refractivity (Wildman–Crippen MR) is 63.9 cm³/mol. The molecule has 4 N–H and O–H groups in total. The van der Waals surface area contributed by atoms with Crippen molar-refractivity contribution >= 4 is 5.91 Å². The lowest BCUT2D eigenvalue weighted by Crippen LogP contribution is -2.49. The summed E-state index contributed by atoms with van der Waals surface area (Å²) >= 11 is 0. The van der Waals surface area contributed by atoms with Crippen LogP contribution in [0.1, 0.15) is 45.4 Å². The Bertz CT molecular complexity index is 223. The van der Waals surface area contributed by atoms with Crippen LogP contribution in [0.3, 0.4) is 0 Å². The molecule has 4 heteroatoms. The first-order chi connectivity index (χ1) is 7.64. The maximum Gasteiger partial charge on any atom is 0.227 e. The van der Waals surface area contributed by atoms with Gasteiger partial charge < -0.3 is 16.2 Å². The van der Waals surface area contributed by atoms with Crippen LogP contribution in [0, 0.1) is 5.41 Å². The average molecular weight is 228 g/mol. The second-order valence-corrected chi connectivity index (χ2v) is 4.96. The van der Waals surface area contributed by atoms with E-state index in [2.05, 4.69) is 5.32 Å². The number of rotatable bonds is 4. The minimum Gasteiger partial charge on any atom is -0.394 e. The summed E-state index contributed by atoms with van der Waals surface area (Å²) < 4.78 is 0. The van der Waals surface area contributed by atoms with Gasteiger partial charge in [-0.3, -0.25) is 4.79 Å². The van der Waals surface area contributed by atoms with Crippen molar-refractivity contribution in [1.29, 1.82) is 0 Å². The topological polar surface area (TPSA) is 75.3 Å². The largest absolute Gasteiger partial charge is 0.394 e. The van der Waals surface area contributed by atoms with Crippen molar-refractivity contribution in [2.75, 3.05) is 13.2 Å². The summed E-state index contributed by atoms with van der Waals surface area (Å²) in [6.07, 6.45) is 6.33. The Morgan fingerprint density at radius 2 is 1.94 bits per heavy atom. The number of amides is 1. The number of nitrogens with one attached hydrogen (secondary N) is 1. The number of nitrogens with two attached hydrogens (primary N) is 1. The predicted octanol–water partition coefficient (Wildman–Crippen LogP) is 0.783. The second-order valence-electron chi connectivity index (χ2n) is 4.96. The van der Waals surface area contributed by atoms with Gasteiger partial charge >= 0.3 is 0 Å². The average Bonchev–Trinajstić information content (AvgIpc) is 2.54. The third-order valence-electron chi connectivity index (χ3n) is 3.58. The van der Waals surface area contributed by atoms with Crippen LogP contribution in [0.4, 0.5) is 0 Å². The lowest BCUT2D eigenvalue weighted by molar-refractivity contribution is -0.132. The standard InChI is InChI=1S/C12H24N2O2/c1-10(8-15)14-11(16)12(9-13)6-4-2-3-5-7-12/h10,15H,2-9,13H2,1H3,(H,14,16)/t10-/m1/s1. The van der Waals surface area contributed by atoms with Crippen LogP contribution in [-0.2, 0) is 4.79 Å². The number of carbonyl (C=O) groups excluding carboxylic acids is 1. The highest BCUT2D eigenvalue weighted by atomic mass is 16.3. The van der Waals surface area contributed by atoms with Crippen molar-refractivity contribution in [3.63, 3.8) is 0 Å². The fraction of sp³-hybridized carbons (Fsp3) is 0.917. The smallest absolute Gasteiger partial charge is 0.227 e. The maximum atomic E-state index is 12.2. The van der Waals surface area contributed by atoms with E-state index in [9.17, 15) is 4.79 Å². The summed E-state index contributed by atoms with van der Waals surface area (Å²) in [4.78, 5) is 12.2. The quantitative estimate of drug-likeness (QED) is 0.622. The SMILES string of the molecule is C[C@H](CO)NC(=O)C1(CN)CCCCCC1. The number of carbonyl (C=O) groups is 1. The summed E-state index contributed by atoms with van der Waals surface area (Å²) in [6, 6.07) is -0.181. The lowest BCUT2D eigenvalue weighted by atomic mass is 9.79. The third kappa shape index (κ3) is 3.19. The molecule has 0 saturated heterocycles. The highest BCUT2D eigenvalue weighted by Gasteiger charge is 2.37. The van der Waals surface area contributed by atoms with Crippen LogP contribution in [-0.4, -0.2) is 30.2 Å². The van der Waals surface area contributed by atoms with Gasteiger partial charge in [0.1, 0.15) is 0 Å². The summed E-state index contributed by atoms with van der Waals surface area (Å²) in [6.45, 7) is 2.20. The first-order valence-corrected chi connectivity index (χ1v) is 6.26. The molecule has 4 nitrogen and oxygen atoms in total. The Labute approximate surface area is 97.6 Å². The molecule has 1 saturated carbocycles. The Balaban J connectivity index is 2.65. The van der Waals surface area contributed by atoms with Crippen LogP contribution < -0.4 is 11.1 Å². The van der Waals surface area contributed by atoms with Crippen molar-refractivity contribution in [3.8, 4) is 0 Å². The summed E-state index contributed by atoms with van der Waals surface area (Å²) in [7, 11) is 0. The van der Waals surface area contributed by atoms with Gasteiger partial charge in [-0.1, -0.05) is 25.7 Å². The van der Waals surface area contributed by atoms with E-state index in [1.807, 2.05) is 0 Å². The van der Waals surface area contributed by atoms with E-state index in [1.165, 1.54) is 12.8 Å². The number of hydrogen-bond donors (Lipinski definition) is 3. The summed E-state index contributed by atoms with van der Waals surface area (Å²) in [5, 5.41) is 11.8. The van der Waals surface area contributed by atoms with Gasteiger partial charge in [0.2, 0.25) is 5.91 Å². The fourth-order valence-electron chi connectivity index (χ4n) is 2.35. The van der Waals surface area contributed by atoms with E-state index < -0.39 is 0 Å². The fourth-order valence-corrected chi connectivity index (χ4v) is 2.35. The molecule has 1 atom stereocenters. The van der Waals surface area contributed by atoms with Crippen LogP contribution in [0.15, 0.2) is 0 Å². The Morgan fingerprint density at radius 1 is 1.38 bits per heavy atom. The number of aliphatic hydroxyl groups excluding tert-OH is 1. The molecule has 1 rings (SSSR count). The van der Waals surface area contributed by atoms with Crippen molar-refractivity contribution in [3.05, 3.63) is 0 Å². The number of hydrogen-bond acceptors (Lipinski definition) is 3. The molecule has 0 aliphatic heterocycles.